The molecule has 2 aromatic rings. The summed E-state index contributed by atoms with van der Waals surface area (Å²) in [5.41, 5.74) is 1.34. The van der Waals surface area contributed by atoms with E-state index in [1.807, 2.05) is 0 Å². The van der Waals surface area contributed by atoms with Crippen molar-refractivity contribution < 1.29 is 5.11 Å². The average molecular weight is 240 g/mol. The molecule has 2 aromatic carbocycles. The number of fused-ring (bicyclic) bond motifs is 1. The van der Waals surface area contributed by atoms with Gasteiger partial charge in [0.05, 0.1) is 6.61 Å². The van der Waals surface area contributed by atoms with Gasteiger partial charge in [0.25, 0.3) is 0 Å². The van der Waals surface area contributed by atoms with E-state index >= 15 is 0 Å². The lowest BCUT2D eigenvalue weighted by molar-refractivity contribution is 0.227. The maximum absolute atomic E-state index is 9.80. The first-order valence-corrected chi connectivity index (χ1v) is 6.98. The minimum absolute atomic E-state index is 0.276. The van der Waals surface area contributed by atoms with Crippen LogP contribution in [-0.4, -0.2) is 11.7 Å². The second-order valence-electron chi connectivity index (χ2n) is 5.40. The number of aliphatic hydroxyl groups is 1. The Balaban J connectivity index is 2.06. The van der Waals surface area contributed by atoms with Crippen molar-refractivity contribution in [1.82, 2.24) is 0 Å². The Bertz CT molecular complexity index is 521. The lowest BCUT2D eigenvalue weighted by Gasteiger charge is -2.23. The Morgan fingerprint density at radius 1 is 1.00 bits per heavy atom. The molecule has 0 bridgehead atoms. The average Bonchev–Trinajstić information content (AvgIpc) is 2.94. The van der Waals surface area contributed by atoms with Crippen LogP contribution in [-0.2, 0) is 0 Å². The number of rotatable bonds is 3. The third-order valence-corrected chi connectivity index (χ3v) is 4.39. The van der Waals surface area contributed by atoms with E-state index < -0.39 is 0 Å². The first-order valence-electron chi connectivity index (χ1n) is 6.98. The second-order valence-corrected chi connectivity index (χ2v) is 5.40. The largest absolute Gasteiger partial charge is 0.396 e. The highest BCUT2D eigenvalue weighted by Crippen LogP contribution is 2.39. The van der Waals surface area contributed by atoms with E-state index in [1.165, 1.54) is 42.0 Å². The highest BCUT2D eigenvalue weighted by atomic mass is 16.3. The number of hydrogen-bond acceptors (Lipinski definition) is 1. The summed E-state index contributed by atoms with van der Waals surface area (Å²) in [5, 5.41) is 12.4. The van der Waals surface area contributed by atoms with Crippen molar-refractivity contribution in [3.8, 4) is 0 Å². The van der Waals surface area contributed by atoms with Gasteiger partial charge in [-0.15, -0.1) is 0 Å². The van der Waals surface area contributed by atoms with Crippen molar-refractivity contribution in [2.75, 3.05) is 6.61 Å². The van der Waals surface area contributed by atoms with E-state index in [4.69, 9.17) is 0 Å². The van der Waals surface area contributed by atoms with Crippen LogP contribution in [0.3, 0.4) is 0 Å². The summed E-state index contributed by atoms with van der Waals surface area (Å²) < 4.78 is 0. The molecule has 0 spiro atoms. The Hall–Kier alpha value is -1.34. The van der Waals surface area contributed by atoms with Crippen molar-refractivity contribution in [1.29, 1.82) is 0 Å². The third kappa shape index (κ3) is 2.04. The molecule has 1 N–H and O–H groups in total. The minimum Gasteiger partial charge on any atom is -0.396 e. The monoisotopic (exact) mass is 240 g/mol. The molecule has 94 valence electrons. The zero-order valence-electron chi connectivity index (χ0n) is 10.7. The van der Waals surface area contributed by atoms with Crippen LogP contribution < -0.4 is 0 Å². The van der Waals surface area contributed by atoms with E-state index in [0.717, 1.165) is 0 Å². The Labute approximate surface area is 108 Å². The summed E-state index contributed by atoms with van der Waals surface area (Å²) in [4.78, 5) is 0. The van der Waals surface area contributed by atoms with E-state index in [0.29, 0.717) is 11.8 Å². The topological polar surface area (TPSA) is 20.2 Å². The van der Waals surface area contributed by atoms with Gasteiger partial charge < -0.3 is 5.11 Å². The van der Waals surface area contributed by atoms with E-state index in [9.17, 15) is 5.11 Å². The fourth-order valence-corrected chi connectivity index (χ4v) is 3.43. The van der Waals surface area contributed by atoms with E-state index in [1.54, 1.807) is 0 Å². The van der Waals surface area contributed by atoms with Crippen molar-refractivity contribution in [2.24, 2.45) is 5.92 Å². The Kier molecular flexibility index (Phi) is 3.33. The summed E-state index contributed by atoms with van der Waals surface area (Å²) in [6.07, 6.45) is 5.20. The SMILES string of the molecule is OCC(c1cccc2ccccc12)C1CCCC1. The molecule has 1 aliphatic rings. The van der Waals surface area contributed by atoms with E-state index in [-0.39, 0.29) is 6.61 Å². The van der Waals surface area contributed by atoms with Crippen LogP contribution in [0, 0.1) is 5.92 Å². The molecule has 0 aliphatic heterocycles. The molecular formula is C17H20O. The highest BCUT2D eigenvalue weighted by Gasteiger charge is 2.26. The van der Waals surface area contributed by atoms with Gasteiger partial charge in [0.2, 0.25) is 0 Å². The van der Waals surface area contributed by atoms with Crippen molar-refractivity contribution >= 4 is 10.8 Å². The maximum atomic E-state index is 9.80. The Morgan fingerprint density at radius 3 is 2.50 bits per heavy atom. The van der Waals surface area contributed by atoms with Crippen LogP contribution in [0.5, 0.6) is 0 Å². The van der Waals surface area contributed by atoms with Crippen LogP contribution in [0.25, 0.3) is 10.8 Å². The first kappa shape index (κ1) is 11.7. The summed E-state index contributed by atoms with van der Waals surface area (Å²) in [5.74, 6) is 0.986. The highest BCUT2D eigenvalue weighted by molar-refractivity contribution is 5.86. The molecule has 1 heteroatoms. The van der Waals surface area contributed by atoms with Gasteiger partial charge in [-0.25, -0.2) is 0 Å². The maximum Gasteiger partial charge on any atom is 0.0502 e. The zero-order valence-corrected chi connectivity index (χ0v) is 10.7. The van der Waals surface area contributed by atoms with Crippen LogP contribution >= 0.6 is 0 Å². The Morgan fingerprint density at radius 2 is 1.72 bits per heavy atom. The predicted octanol–water partition coefficient (Wildman–Crippen LogP) is 4.11. The van der Waals surface area contributed by atoms with Gasteiger partial charge >= 0.3 is 0 Å². The quantitative estimate of drug-likeness (QED) is 0.856. The normalized spacial score (nSPS) is 18.3. The molecule has 1 nitrogen and oxygen atoms in total. The van der Waals surface area contributed by atoms with Gasteiger partial charge in [-0.05, 0) is 35.1 Å². The van der Waals surface area contributed by atoms with Crippen LogP contribution in [0.4, 0.5) is 0 Å². The summed E-state index contributed by atoms with van der Waals surface area (Å²) in [7, 11) is 0. The molecule has 1 saturated carbocycles. The lowest BCUT2D eigenvalue weighted by atomic mass is 9.83. The molecule has 1 atom stereocenters. The van der Waals surface area contributed by atoms with Gasteiger partial charge in [-0.3, -0.25) is 0 Å². The fraction of sp³-hybridized carbons (Fsp3) is 0.412. The molecule has 0 aromatic heterocycles. The molecule has 0 saturated heterocycles. The van der Waals surface area contributed by atoms with Crippen molar-refractivity contribution in [3.63, 3.8) is 0 Å². The zero-order chi connectivity index (χ0) is 12.4. The summed E-state index contributed by atoms with van der Waals surface area (Å²) in [6.45, 7) is 0.276. The lowest BCUT2D eigenvalue weighted by Crippen LogP contribution is -2.14. The minimum atomic E-state index is 0.276. The van der Waals surface area contributed by atoms with E-state index in [2.05, 4.69) is 42.5 Å². The van der Waals surface area contributed by atoms with Crippen LogP contribution in [0.2, 0.25) is 0 Å². The number of benzene rings is 2. The van der Waals surface area contributed by atoms with Gasteiger partial charge in [-0.2, -0.15) is 0 Å². The summed E-state index contributed by atoms with van der Waals surface area (Å²) in [6, 6.07) is 15.0. The fourth-order valence-electron chi connectivity index (χ4n) is 3.43. The summed E-state index contributed by atoms with van der Waals surface area (Å²) >= 11 is 0. The molecule has 0 amide bonds. The van der Waals surface area contributed by atoms with Crippen LogP contribution in [0.1, 0.15) is 37.2 Å². The molecule has 18 heavy (non-hydrogen) atoms. The van der Waals surface area contributed by atoms with Crippen molar-refractivity contribution in [3.05, 3.63) is 48.0 Å². The second kappa shape index (κ2) is 5.11. The molecule has 0 radical (unpaired) electrons. The molecule has 0 heterocycles. The number of aliphatic hydroxyl groups excluding tert-OH is 1. The van der Waals surface area contributed by atoms with Gasteiger partial charge in [0.15, 0.2) is 0 Å². The number of hydrogen-bond donors (Lipinski definition) is 1. The first-order chi connectivity index (χ1) is 8.90. The smallest absolute Gasteiger partial charge is 0.0502 e. The standard InChI is InChI=1S/C17H20O/c18-12-17(14-7-1-2-8-14)16-11-5-9-13-6-3-4-10-15(13)16/h3-6,9-11,14,17-18H,1-2,7-8,12H2. The third-order valence-electron chi connectivity index (χ3n) is 4.39. The van der Waals surface area contributed by atoms with Gasteiger partial charge in [0, 0.05) is 5.92 Å². The van der Waals surface area contributed by atoms with Gasteiger partial charge in [-0.1, -0.05) is 55.3 Å². The van der Waals surface area contributed by atoms with Gasteiger partial charge in [0.1, 0.15) is 0 Å². The molecule has 1 fully saturated rings. The van der Waals surface area contributed by atoms with Crippen molar-refractivity contribution in [2.45, 2.75) is 31.6 Å². The molecular weight excluding hydrogens is 220 g/mol. The van der Waals surface area contributed by atoms with Crippen LogP contribution in [0.15, 0.2) is 42.5 Å². The molecule has 3 rings (SSSR count). The molecule has 1 aliphatic carbocycles. The predicted molar refractivity (Wildman–Crippen MR) is 75.7 cm³/mol. The molecule has 1 unspecified atom stereocenters.